The summed E-state index contributed by atoms with van der Waals surface area (Å²) >= 11 is 0. The van der Waals surface area contributed by atoms with Gasteiger partial charge >= 0.3 is 63.3 Å². The second-order valence-corrected chi connectivity index (χ2v) is 9.49. The smallest absolute Gasteiger partial charge is 1.00 e. The number of methoxy groups -OCH3 is 1. The van der Waals surface area contributed by atoms with E-state index in [1.165, 1.54) is 7.11 Å². The maximum atomic E-state index is 13.3. The van der Waals surface area contributed by atoms with Gasteiger partial charge in [-0.3, -0.25) is 14.6 Å². The van der Waals surface area contributed by atoms with Gasteiger partial charge in [0, 0.05) is 35.1 Å². The Balaban J connectivity index is 0.00000228. The van der Waals surface area contributed by atoms with Crippen LogP contribution in [0.4, 0.5) is 5.69 Å². The van der Waals surface area contributed by atoms with E-state index in [0.717, 1.165) is 0 Å². The van der Waals surface area contributed by atoms with Crippen LogP contribution < -0.4 is 69.1 Å². The van der Waals surface area contributed by atoms with E-state index in [-0.39, 0.29) is 88.5 Å². The molecule has 0 radical (unpaired) electrons. The van der Waals surface area contributed by atoms with E-state index in [4.69, 9.17) is 9.47 Å². The summed E-state index contributed by atoms with van der Waals surface area (Å²) in [7, 11) is 1.32. The first-order valence-electron chi connectivity index (χ1n) is 11.5. The van der Waals surface area contributed by atoms with E-state index in [1.807, 2.05) is 0 Å². The van der Waals surface area contributed by atoms with Gasteiger partial charge in [-0.25, -0.2) is 4.79 Å². The molecule has 2 aliphatic carbocycles. The minimum Gasteiger partial charge on any atom is -1.00 e. The standard InChI is InChI=1S/C26H30N2O6.ClH.K/c1-17(21(29)28-19-9-15-27-16-10-19)5-4-11-24(2)20-8-13-25(23(31)34-24)12-6-18(22(30)33-3)7-14-26(20,25)32;;/h4-6,9-11,15-16,20,32H,7-8,12-14H2,1-3H3,(H,27,28,29);1H;/q;;+1/p-1/b11-4+,17-5+;;/t20-,24+,25+,26-;;/m0../s1. The molecule has 0 spiro atoms. The molecule has 2 bridgehead atoms. The number of carbonyl (C=O) groups excluding carboxylic acids is 3. The molecule has 4 rings (SSSR count). The van der Waals surface area contributed by atoms with Crippen LogP contribution >= 0.6 is 0 Å². The van der Waals surface area contributed by atoms with Crippen molar-refractivity contribution in [2.75, 3.05) is 12.4 Å². The van der Waals surface area contributed by atoms with Gasteiger partial charge in [0.1, 0.15) is 11.0 Å². The fraction of sp³-hybridized carbons (Fsp3) is 0.462. The number of esters is 2. The number of aromatic nitrogens is 1. The minimum absolute atomic E-state index is 0. The number of aliphatic hydroxyl groups is 1. The van der Waals surface area contributed by atoms with Crippen LogP contribution in [0.5, 0.6) is 0 Å². The Morgan fingerprint density at radius 2 is 1.97 bits per heavy atom. The van der Waals surface area contributed by atoms with Crippen molar-refractivity contribution in [2.45, 2.75) is 57.2 Å². The number of nitrogens with one attached hydrogen (secondary N) is 1. The van der Waals surface area contributed by atoms with Crippen LogP contribution in [0.1, 0.15) is 46.0 Å². The van der Waals surface area contributed by atoms with Crippen LogP contribution in [-0.4, -0.2) is 46.2 Å². The molecule has 4 atom stereocenters. The molecule has 0 unspecified atom stereocenters. The zero-order valence-electron chi connectivity index (χ0n) is 21.0. The van der Waals surface area contributed by atoms with Crippen molar-refractivity contribution < 1.29 is 92.8 Å². The molecule has 3 aliphatic rings. The maximum Gasteiger partial charge on any atom is 1.00 e. The van der Waals surface area contributed by atoms with Gasteiger partial charge in [-0.2, -0.15) is 0 Å². The zero-order chi connectivity index (χ0) is 24.6. The number of pyridine rings is 1. The Bertz CT molecular complexity index is 1110. The average molecular weight is 541 g/mol. The van der Waals surface area contributed by atoms with Crippen molar-refractivity contribution in [1.82, 2.24) is 4.98 Å². The van der Waals surface area contributed by atoms with Gasteiger partial charge in [-0.15, -0.1) is 0 Å². The second-order valence-electron chi connectivity index (χ2n) is 9.49. The summed E-state index contributed by atoms with van der Waals surface area (Å²) in [5.74, 6) is -1.48. The molecule has 2 N–H and O–H groups in total. The molecule has 36 heavy (non-hydrogen) atoms. The molecule has 2 fully saturated rings. The number of carbonyl (C=O) groups is 3. The summed E-state index contributed by atoms with van der Waals surface area (Å²) < 4.78 is 10.8. The van der Waals surface area contributed by atoms with E-state index in [9.17, 15) is 19.5 Å². The van der Waals surface area contributed by atoms with Gasteiger partial charge in [-0.05, 0) is 64.2 Å². The Hall–Kier alpha value is -1.33. The fourth-order valence-corrected chi connectivity index (χ4v) is 5.68. The molecule has 2 heterocycles. The predicted molar refractivity (Wildman–Crippen MR) is 124 cm³/mol. The molecule has 1 saturated heterocycles. The molecule has 1 aliphatic heterocycles. The van der Waals surface area contributed by atoms with Crippen molar-refractivity contribution in [3.63, 3.8) is 0 Å². The van der Waals surface area contributed by atoms with Crippen molar-refractivity contribution in [2.24, 2.45) is 11.3 Å². The van der Waals surface area contributed by atoms with Crippen LogP contribution in [0.3, 0.4) is 0 Å². The molecule has 188 valence electrons. The number of hydrogen-bond donors (Lipinski definition) is 2. The van der Waals surface area contributed by atoms with Crippen LogP contribution in [-0.2, 0) is 23.9 Å². The van der Waals surface area contributed by atoms with Gasteiger partial charge in [-0.1, -0.05) is 18.2 Å². The Kier molecular flexibility index (Phi) is 10.3. The van der Waals surface area contributed by atoms with Crippen LogP contribution in [0.25, 0.3) is 0 Å². The summed E-state index contributed by atoms with van der Waals surface area (Å²) in [5, 5.41) is 14.7. The van der Waals surface area contributed by atoms with Crippen LogP contribution in [0.15, 0.2) is 60.0 Å². The molecule has 10 heteroatoms. The van der Waals surface area contributed by atoms with Gasteiger partial charge in [0.2, 0.25) is 0 Å². The third-order valence-corrected chi connectivity index (χ3v) is 7.65. The normalized spacial score (nSPS) is 31.1. The van der Waals surface area contributed by atoms with Crippen molar-refractivity contribution in [3.8, 4) is 0 Å². The number of amides is 1. The first-order chi connectivity index (χ1) is 16.1. The van der Waals surface area contributed by atoms with Gasteiger partial charge < -0.3 is 32.3 Å². The topological polar surface area (TPSA) is 115 Å². The van der Waals surface area contributed by atoms with Gasteiger partial charge in [0.25, 0.3) is 5.91 Å². The van der Waals surface area contributed by atoms with Crippen LogP contribution in [0.2, 0.25) is 0 Å². The first kappa shape index (κ1) is 30.9. The van der Waals surface area contributed by atoms with Crippen molar-refractivity contribution >= 4 is 23.5 Å². The summed E-state index contributed by atoms with van der Waals surface area (Å²) in [5.41, 5.74) is -1.81. The number of hydrogen-bond acceptors (Lipinski definition) is 7. The molecule has 0 aromatic carbocycles. The third-order valence-electron chi connectivity index (χ3n) is 7.65. The average Bonchev–Trinajstić information content (AvgIpc) is 2.94. The quantitative estimate of drug-likeness (QED) is 0.180. The van der Waals surface area contributed by atoms with Crippen molar-refractivity contribution in [1.29, 1.82) is 0 Å². The number of anilines is 1. The molecule has 1 aromatic rings. The molecule has 1 amide bonds. The second kappa shape index (κ2) is 12.0. The molecular weight excluding hydrogens is 511 g/mol. The summed E-state index contributed by atoms with van der Waals surface area (Å²) in [6, 6.07) is 3.40. The number of ether oxygens (including phenoxy) is 2. The Labute approximate surface area is 259 Å². The Morgan fingerprint density at radius 3 is 2.64 bits per heavy atom. The monoisotopic (exact) mass is 540 g/mol. The first-order valence-corrected chi connectivity index (χ1v) is 11.5. The largest absolute Gasteiger partial charge is 1.00 e. The Morgan fingerprint density at radius 1 is 1.28 bits per heavy atom. The molecular formula is C26H30ClKN2O6. The van der Waals surface area contributed by atoms with E-state index < -0.39 is 28.6 Å². The van der Waals surface area contributed by atoms with E-state index >= 15 is 0 Å². The predicted octanol–water partition coefficient (Wildman–Crippen LogP) is -2.74. The number of rotatable bonds is 5. The van der Waals surface area contributed by atoms with Crippen molar-refractivity contribution in [3.05, 3.63) is 60.0 Å². The zero-order valence-corrected chi connectivity index (χ0v) is 24.9. The number of halogens is 1. The molecule has 1 aromatic heterocycles. The number of cyclic esters (lactones) is 1. The molecule has 1 saturated carbocycles. The number of allylic oxidation sites excluding steroid dienone is 3. The van der Waals surface area contributed by atoms with Crippen LogP contribution in [0, 0.1) is 11.3 Å². The van der Waals surface area contributed by atoms with E-state index in [0.29, 0.717) is 36.1 Å². The van der Waals surface area contributed by atoms with Gasteiger partial charge in [0.15, 0.2) is 0 Å². The summed E-state index contributed by atoms with van der Waals surface area (Å²) in [4.78, 5) is 41.7. The summed E-state index contributed by atoms with van der Waals surface area (Å²) in [6.07, 6.45) is 12.0. The van der Waals surface area contributed by atoms with E-state index in [2.05, 4.69) is 10.3 Å². The summed E-state index contributed by atoms with van der Waals surface area (Å²) in [6.45, 7) is 3.48. The van der Waals surface area contributed by atoms with Gasteiger partial charge in [0.05, 0.1) is 12.7 Å². The SMILES string of the molecule is COC(=O)C1=CC[C@@]23CC[C@@H]([C@@](C)(/C=C/C=C(\C)C(=O)Nc4ccncc4)OC2=O)[C@@]3(O)CC1.[Cl-].[K+]. The number of nitrogens with zero attached hydrogens (tertiary/aromatic N) is 1. The maximum absolute atomic E-state index is 13.3. The fourth-order valence-electron chi connectivity index (χ4n) is 5.68. The minimum atomic E-state index is -1.30. The molecule has 8 nitrogen and oxygen atoms in total. The third kappa shape index (κ3) is 5.43. The van der Waals surface area contributed by atoms with E-state index in [1.54, 1.807) is 62.7 Å².